The number of aromatic nitrogens is 3. The number of ether oxygens (including phenoxy) is 1. The van der Waals surface area contributed by atoms with E-state index in [4.69, 9.17) is 4.74 Å². The number of carbonyl (C=O) groups is 1. The van der Waals surface area contributed by atoms with Crippen molar-refractivity contribution >= 4 is 11.6 Å². The van der Waals surface area contributed by atoms with E-state index in [9.17, 15) is 4.79 Å². The number of rotatable bonds is 5. The molecule has 6 heteroatoms. The predicted molar refractivity (Wildman–Crippen MR) is 92.0 cm³/mol. The highest BCUT2D eigenvalue weighted by Gasteiger charge is 2.09. The zero-order valence-electron chi connectivity index (χ0n) is 13.6. The van der Waals surface area contributed by atoms with E-state index in [0.717, 1.165) is 11.4 Å². The Bertz CT molecular complexity index is 840. The SMILES string of the molecule is CCOc1ccc(C(=O)Nc2cccc(-c3nccn3C)c2)cn1. The van der Waals surface area contributed by atoms with Gasteiger partial charge in [-0.05, 0) is 25.1 Å². The Morgan fingerprint density at radius 2 is 2.12 bits per heavy atom. The first kappa shape index (κ1) is 15.7. The van der Waals surface area contributed by atoms with E-state index in [1.165, 1.54) is 6.20 Å². The highest BCUT2D eigenvalue weighted by molar-refractivity contribution is 6.04. The van der Waals surface area contributed by atoms with E-state index in [2.05, 4.69) is 15.3 Å². The molecule has 122 valence electrons. The number of carbonyl (C=O) groups excluding carboxylic acids is 1. The summed E-state index contributed by atoms with van der Waals surface area (Å²) in [6.07, 6.45) is 5.13. The van der Waals surface area contributed by atoms with Gasteiger partial charge < -0.3 is 14.6 Å². The Hall–Kier alpha value is -3.15. The molecule has 0 atom stereocenters. The molecule has 0 saturated carbocycles. The molecule has 1 aromatic carbocycles. The van der Waals surface area contributed by atoms with Crippen molar-refractivity contribution in [2.24, 2.45) is 7.05 Å². The lowest BCUT2D eigenvalue weighted by Gasteiger charge is -2.08. The molecule has 0 aliphatic carbocycles. The van der Waals surface area contributed by atoms with Crippen molar-refractivity contribution in [3.8, 4) is 17.3 Å². The van der Waals surface area contributed by atoms with Crippen LogP contribution in [0.2, 0.25) is 0 Å². The molecule has 0 spiro atoms. The Kier molecular flexibility index (Phi) is 4.56. The lowest BCUT2D eigenvalue weighted by molar-refractivity contribution is 0.102. The van der Waals surface area contributed by atoms with E-state index in [0.29, 0.717) is 23.7 Å². The quantitative estimate of drug-likeness (QED) is 0.783. The summed E-state index contributed by atoms with van der Waals surface area (Å²) in [4.78, 5) is 20.8. The molecular weight excluding hydrogens is 304 g/mol. The van der Waals surface area contributed by atoms with Gasteiger partial charge in [0, 0.05) is 43.0 Å². The molecule has 24 heavy (non-hydrogen) atoms. The molecule has 1 amide bonds. The minimum Gasteiger partial charge on any atom is -0.478 e. The first-order valence-corrected chi connectivity index (χ1v) is 7.65. The van der Waals surface area contributed by atoms with Crippen LogP contribution >= 0.6 is 0 Å². The van der Waals surface area contributed by atoms with Crippen molar-refractivity contribution in [2.75, 3.05) is 11.9 Å². The second kappa shape index (κ2) is 6.95. The lowest BCUT2D eigenvalue weighted by Crippen LogP contribution is -2.12. The molecule has 0 unspecified atom stereocenters. The third kappa shape index (κ3) is 3.43. The predicted octanol–water partition coefficient (Wildman–Crippen LogP) is 3.13. The summed E-state index contributed by atoms with van der Waals surface area (Å²) in [5.41, 5.74) is 2.11. The molecule has 3 aromatic rings. The molecule has 3 rings (SSSR count). The minimum absolute atomic E-state index is 0.220. The lowest BCUT2D eigenvalue weighted by atomic mass is 10.1. The van der Waals surface area contributed by atoms with Crippen molar-refractivity contribution in [1.29, 1.82) is 0 Å². The average Bonchev–Trinajstić information content (AvgIpc) is 3.02. The van der Waals surface area contributed by atoms with Crippen molar-refractivity contribution in [2.45, 2.75) is 6.92 Å². The molecular formula is C18H18N4O2. The monoisotopic (exact) mass is 322 g/mol. The number of anilines is 1. The zero-order valence-corrected chi connectivity index (χ0v) is 13.6. The summed E-state index contributed by atoms with van der Waals surface area (Å²) in [6.45, 7) is 2.43. The third-order valence-electron chi connectivity index (χ3n) is 3.49. The smallest absolute Gasteiger partial charge is 0.257 e. The fraction of sp³-hybridized carbons (Fsp3) is 0.167. The van der Waals surface area contributed by atoms with Crippen molar-refractivity contribution in [1.82, 2.24) is 14.5 Å². The van der Waals surface area contributed by atoms with Crippen LogP contribution in [-0.2, 0) is 7.05 Å². The molecule has 1 N–H and O–H groups in total. The summed E-state index contributed by atoms with van der Waals surface area (Å²) >= 11 is 0. The second-order valence-corrected chi connectivity index (χ2v) is 5.21. The number of nitrogens with zero attached hydrogens (tertiary/aromatic N) is 3. The van der Waals surface area contributed by atoms with Crippen LogP contribution < -0.4 is 10.1 Å². The largest absolute Gasteiger partial charge is 0.478 e. The van der Waals surface area contributed by atoms with Crippen molar-refractivity contribution in [3.05, 3.63) is 60.6 Å². The van der Waals surface area contributed by atoms with E-state index in [1.54, 1.807) is 18.3 Å². The summed E-state index contributed by atoms with van der Waals surface area (Å²) < 4.78 is 7.20. The standard InChI is InChI=1S/C18H18N4O2/c1-3-24-16-8-7-14(12-20-16)18(23)21-15-6-4-5-13(11-15)17-19-9-10-22(17)2/h4-12H,3H2,1-2H3,(H,21,23). The summed E-state index contributed by atoms with van der Waals surface area (Å²) in [5, 5.41) is 2.87. The normalized spacial score (nSPS) is 10.4. The number of amides is 1. The van der Waals surface area contributed by atoms with E-state index < -0.39 is 0 Å². The summed E-state index contributed by atoms with van der Waals surface area (Å²) in [6, 6.07) is 10.9. The van der Waals surface area contributed by atoms with Gasteiger partial charge in [0.25, 0.3) is 5.91 Å². The molecule has 2 aromatic heterocycles. The fourth-order valence-electron chi connectivity index (χ4n) is 2.33. The number of nitrogens with one attached hydrogen (secondary N) is 1. The van der Waals surface area contributed by atoms with Crippen LogP contribution in [-0.4, -0.2) is 27.0 Å². The first-order chi connectivity index (χ1) is 11.7. The maximum absolute atomic E-state index is 12.3. The number of hydrogen-bond donors (Lipinski definition) is 1. The van der Waals surface area contributed by atoms with Gasteiger partial charge in [-0.1, -0.05) is 12.1 Å². The van der Waals surface area contributed by atoms with Gasteiger partial charge in [0.05, 0.1) is 12.2 Å². The molecule has 0 fully saturated rings. The first-order valence-electron chi connectivity index (χ1n) is 7.65. The van der Waals surface area contributed by atoms with Gasteiger partial charge in [-0.25, -0.2) is 9.97 Å². The Morgan fingerprint density at radius 3 is 2.79 bits per heavy atom. The number of pyridine rings is 1. The Balaban J connectivity index is 1.76. The van der Waals surface area contributed by atoms with Crippen LogP contribution in [0.3, 0.4) is 0 Å². The van der Waals surface area contributed by atoms with Gasteiger partial charge in [0.15, 0.2) is 0 Å². The number of benzene rings is 1. The Labute approximate surface area is 140 Å². The van der Waals surface area contributed by atoms with Gasteiger partial charge >= 0.3 is 0 Å². The minimum atomic E-state index is -0.220. The average molecular weight is 322 g/mol. The van der Waals surface area contributed by atoms with Crippen LogP contribution in [0.15, 0.2) is 55.0 Å². The third-order valence-corrected chi connectivity index (χ3v) is 3.49. The van der Waals surface area contributed by atoms with Crippen LogP contribution in [0.1, 0.15) is 17.3 Å². The number of imidazole rings is 1. The highest BCUT2D eigenvalue weighted by Crippen LogP contribution is 2.21. The van der Waals surface area contributed by atoms with E-state index in [1.807, 2.05) is 49.0 Å². The molecule has 0 bridgehead atoms. The maximum atomic E-state index is 12.3. The van der Waals surface area contributed by atoms with Gasteiger partial charge in [0.2, 0.25) is 5.88 Å². The molecule has 6 nitrogen and oxygen atoms in total. The molecule has 0 radical (unpaired) electrons. The van der Waals surface area contributed by atoms with Crippen LogP contribution in [0.5, 0.6) is 5.88 Å². The molecule has 0 saturated heterocycles. The van der Waals surface area contributed by atoms with Crippen LogP contribution in [0.25, 0.3) is 11.4 Å². The number of aryl methyl sites for hydroxylation is 1. The van der Waals surface area contributed by atoms with Gasteiger partial charge in [-0.15, -0.1) is 0 Å². The van der Waals surface area contributed by atoms with Gasteiger partial charge in [0.1, 0.15) is 5.82 Å². The zero-order chi connectivity index (χ0) is 16.9. The molecule has 0 aliphatic rings. The molecule has 0 aliphatic heterocycles. The maximum Gasteiger partial charge on any atom is 0.257 e. The Morgan fingerprint density at radius 1 is 1.25 bits per heavy atom. The van der Waals surface area contributed by atoms with E-state index >= 15 is 0 Å². The topological polar surface area (TPSA) is 69.0 Å². The second-order valence-electron chi connectivity index (χ2n) is 5.21. The van der Waals surface area contributed by atoms with Gasteiger partial charge in [-0.2, -0.15) is 0 Å². The molecule has 2 heterocycles. The fourth-order valence-corrected chi connectivity index (χ4v) is 2.33. The van der Waals surface area contributed by atoms with Crippen LogP contribution in [0.4, 0.5) is 5.69 Å². The van der Waals surface area contributed by atoms with Crippen LogP contribution in [0, 0.1) is 0 Å². The summed E-state index contributed by atoms with van der Waals surface area (Å²) in [5.74, 6) is 1.13. The highest BCUT2D eigenvalue weighted by atomic mass is 16.5. The van der Waals surface area contributed by atoms with Crippen molar-refractivity contribution < 1.29 is 9.53 Å². The summed E-state index contributed by atoms with van der Waals surface area (Å²) in [7, 11) is 1.93. The van der Waals surface area contributed by atoms with Gasteiger partial charge in [-0.3, -0.25) is 4.79 Å². The van der Waals surface area contributed by atoms with E-state index in [-0.39, 0.29) is 5.91 Å². The van der Waals surface area contributed by atoms with Crippen molar-refractivity contribution in [3.63, 3.8) is 0 Å². The number of hydrogen-bond acceptors (Lipinski definition) is 4.